The summed E-state index contributed by atoms with van der Waals surface area (Å²) in [7, 11) is 0. The van der Waals surface area contributed by atoms with E-state index in [1.165, 1.54) is 12.1 Å². The molecule has 20 heavy (non-hydrogen) atoms. The summed E-state index contributed by atoms with van der Waals surface area (Å²) in [5.74, 6) is 0.489. The lowest BCUT2D eigenvalue weighted by Crippen LogP contribution is -2.58. The number of aromatic nitrogens is 1. The van der Waals surface area contributed by atoms with E-state index in [2.05, 4.69) is 41.2 Å². The van der Waals surface area contributed by atoms with Gasteiger partial charge in [0.05, 0.1) is 24.1 Å². The number of pyridine rings is 1. The lowest BCUT2D eigenvalue weighted by atomic mass is 9.91. The van der Waals surface area contributed by atoms with Gasteiger partial charge in [-0.2, -0.15) is 0 Å². The standard InChI is InChI=1S/C16H25N3O/c1-13(2)15-5-4-14(10-18-15)19-8-3-6-16(12-19)11-17-7-9-20-16/h4-5,10,13,17H,3,6-9,11-12H2,1-2H3. The maximum Gasteiger partial charge on any atom is 0.0981 e. The highest BCUT2D eigenvalue weighted by molar-refractivity contribution is 5.46. The van der Waals surface area contributed by atoms with Gasteiger partial charge < -0.3 is 15.0 Å². The zero-order valence-corrected chi connectivity index (χ0v) is 12.6. The van der Waals surface area contributed by atoms with Crippen LogP contribution in [0.5, 0.6) is 0 Å². The minimum atomic E-state index is 0.00716. The molecule has 1 atom stereocenters. The Balaban J connectivity index is 1.73. The van der Waals surface area contributed by atoms with Crippen LogP contribution in [0.2, 0.25) is 0 Å². The number of hydrogen-bond acceptors (Lipinski definition) is 4. The molecule has 2 aliphatic rings. The van der Waals surface area contributed by atoms with Crippen molar-refractivity contribution in [3.63, 3.8) is 0 Å². The summed E-state index contributed by atoms with van der Waals surface area (Å²) in [6, 6.07) is 4.36. The van der Waals surface area contributed by atoms with Gasteiger partial charge in [0.25, 0.3) is 0 Å². The molecule has 0 aromatic carbocycles. The van der Waals surface area contributed by atoms with Gasteiger partial charge in [-0.3, -0.25) is 4.98 Å². The first-order chi connectivity index (χ1) is 9.69. The van der Waals surface area contributed by atoms with Crippen molar-refractivity contribution < 1.29 is 4.74 Å². The van der Waals surface area contributed by atoms with Crippen molar-refractivity contribution in [2.45, 2.75) is 38.2 Å². The molecule has 1 unspecified atom stereocenters. The number of piperidine rings is 1. The lowest BCUT2D eigenvalue weighted by molar-refractivity contribution is -0.0725. The van der Waals surface area contributed by atoms with E-state index in [0.717, 1.165) is 44.9 Å². The fourth-order valence-electron chi connectivity index (χ4n) is 3.21. The van der Waals surface area contributed by atoms with Crippen LogP contribution in [0.4, 0.5) is 5.69 Å². The predicted octanol–water partition coefficient (Wildman–Crippen LogP) is 2.16. The average molecular weight is 275 g/mol. The van der Waals surface area contributed by atoms with E-state index in [-0.39, 0.29) is 5.60 Å². The second kappa shape index (κ2) is 5.70. The number of rotatable bonds is 2. The third kappa shape index (κ3) is 2.81. The Labute approximate surface area is 121 Å². The van der Waals surface area contributed by atoms with E-state index in [1.54, 1.807) is 0 Å². The second-order valence-electron chi connectivity index (χ2n) is 6.33. The van der Waals surface area contributed by atoms with Crippen molar-refractivity contribution in [2.75, 3.05) is 37.7 Å². The zero-order valence-electron chi connectivity index (χ0n) is 12.6. The first-order valence-electron chi connectivity index (χ1n) is 7.74. The van der Waals surface area contributed by atoms with Gasteiger partial charge in [-0.15, -0.1) is 0 Å². The molecule has 1 aromatic heterocycles. The zero-order chi connectivity index (χ0) is 14.0. The van der Waals surface area contributed by atoms with Gasteiger partial charge in [-0.25, -0.2) is 0 Å². The van der Waals surface area contributed by atoms with E-state index in [4.69, 9.17) is 4.74 Å². The Bertz CT molecular complexity index is 432. The van der Waals surface area contributed by atoms with Gasteiger partial charge >= 0.3 is 0 Å². The molecule has 0 aliphatic carbocycles. The summed E-state index contributed by atoms with van der Waals surface area (Å²) in [4.78, 5) is 7.01. The summed E-state index contributed by atoms with van der Waals surface area (Å²) in [6.07, 6.45) is 4.37. The Morgan fingerprint density at radius 2 is 2.30 bits per heavy atom. The van der Waals surface area contributed by atoms with Crippen LogP contribution in [0.15, 0.2) is 18.3 Å². The number of nitrogens with zero attached hydrogens (tertiary/aromatic N) is 2. The van der Waals surface area contributed by atoms with Gasteiger partial charge in [-0.1, -0.05) is 13.8 Å². The molecule has 0 amide bonds. The molecule has 0 radical (unpaired) electrons. The summed E-state index contributed by atoms with van der Waals surface area (Å²) < 4.78 is 6.10. The number of ether oxygens (including phenoxy) is 1. The fraction of sp³-hybridized carbons (Fsp3) is 0.688. The normalized spacial score (nSPS) is 27.2. The van der Waals surface area contributed by atoms with Crippen LogP contribution in [0.3, 0.4) is 0 Å². The Kier molecular flexibility index (Phi) is 3.94. The molecular formula is C16H25N3O. The van der Waals surface area contributed by atoms with Crippen LogP contribution < -0.4 is 10.2 Å². The monoisotopic (exact) mass is 275 g/mol. The molecule has 110 valence electrons. The van der Waals surface area contributed by atoms with Gasteiger partial charge in [0.1, 0.15) is 0 Å². The lowest BCUT2D eigenvalue weighted by Gasteiger charge is -2.45. The minimum absolute atomic E-state index is 0.00716. The van der Waals surface area contributed by atoms with Crippen molar-refractivity contribution in [1.29, 1.82) is 0 Å². The van der Waals surface area contributed by atoms with Crippen molar-refractivity contribution in [3.8, 4) is 0 Å². The highest BCUT2D eigenvalue weighted by atomic mass is 16.5. The van der Waals surface area contributed by atoms with E-state index in [0.29, 0.717) is 5.92 Å². The second-order valence-corrected chi connectivity index (χ2v) is 6.33. The van der Waals surface area contributed by atoms with Gasteiger partial charge in [0, 0.05) is 31.9 Å². The van der Waals surface area contributed by atoms with Crippen LogP contribution >= 0.6 is 0 Å². The molecule has 2 saturated heterocycles. The number of nitrogens with one attached hydrogen (secondary N) is 1. The van der Waals surface area contributed by atoms with Gasteiger partial charge in [-0.05, 0) is 30.9 Å². The summed E-state index contributed by atoms with van der Waals surface area (Å²) >= 11 is 0. The topological polar surface area (TPSA) is 37.4 Å². The SMILES string of the molecule is CC(C)c1ccc(N2CCCC3(CNCCO3)C2)cn1. The van der Waals surface area contributed by atoms with Crippen LogP contribution in [0, 0.1) is 0 Å². The Morgan fingerprint density at radius 3 is 2.95 bits per heavy atom. The predicted molar refractivity (Wildman–Crippen MR) is 81.3 cm³/mol. The molecular weight excluding hydrogens is 250 g/mol. The molecule has 0 bridgehead atoms. The maximum absolute atomic E-state index is 6.10. The van der Waals surface area contributed by atoms with Crippen LogP contribution in [-0.4, -0.2) is 43.4 Å². The number of anilines is 1. The van der Waals surface area contributed by atoms with Crippen LogP contribution in [0.25, 0.3) is 0 Å². The van der Waals surface area contributed by atoms with Gasteiger partial charge in [0.15, 0.2) is 0 Å². The number of morpholine rings is 1. The van der Waals surface area contributed by atoms with Crippen molar-refractivity contribution >= 4 is 5.69 Å². The molecule has 1 N–H and O–H groups in total. The van der Waals surface area contributed by atoms with E-state index >= 15 is 0 Å². The Hall–Kier alpha value is -1.13. The largest absolute Gasteiger partial charge is 0.371 e. The number of hydrogen-bond donors (Lipinski definition) is 1. The highest BCUT2D eigenvalue weighted by Gasteiger charge is 2.38. The maximum atomic E-state index is 6.10. The first-order valence-corrected chi connectivity index (χ1v) is 7.74. The first kappa shape index (κ1) is 13.8. The molecule has 3 heterocycles. The summed E-state index contributed by atoms with van der Waals surface area (Å²) in [6.45, 7) is 9.22. The van der Waals surface area contributed by atoms with Crippen molar-refractivity contribution in [1.82, 2.24) is 10.3 Å². The van der Waals surface area contributed by atoms with Gasteiger partial charge in [0.2, 0.25) is 0 Å². The molecule has 1 aromatic rings. The van der Waals surface area contributed by atoms with E-state index in [1.807, 2.05) is 6.20 Å². The molecule has 2 fully saturated rings. The van der Waals surface area contributed by atoms with E-state index in [9.17, 15) is 0 Å². The summed E-state index contributed by atoms with van der Waals surface area (Å²) in [5.41, 5.74) is 2.39. The Morgan fingerprint density at radius 1 is 1.40 bits per heavy atom. The smallest absolute Gasteiger partial charge is 0.0981 e. The molecule has 4 heteroatoms. The fourth-order valence-corrected chi connectivity index (χ4v) is 3.21. The molecule has 1 spiro atoms. The summed E-state index contributed by atoms with van der Waals surface area (Å²) in [5, 5.41) is 3.47. The van der Waals surface area contributed by atoms with Crippen LogP contribution in [0.1, 0.15) is 38.3 Å². The third-order valence-electron chi connectivity index (χ3n) is 4.40. The highest BCUT2D eigenvalue weighted by Crippen LogP contribution is 2.29. The molecule has 4 nitrogen and oxygen atoms in total. The van der Waals surface area contributed by atoms with E-state index < -0.39 is 0 Å². The quantitative estimate of drug-likeness (QED) is 0.897. The van der Waals surface area contributed by atoms with Crippen molar-refractivity contribution in [2.24, 2.45) is 0 Å². The van der Waals surface area contributed by atoms with Crippen LogP contribution in [-0.2, 0) is 4.74 Å². The average Bonchev–Trinajstić information content (AvgIpc) is 2.48. The molecule has 2 aliphatic heterocycles. The molecule has 0 saturated carbocycles. The third-order valence-corrected chi connectivity index (χ3v) is 4.40. The molecule has 3 rings (SSSR count). The van der Waals surface area contributed by atoms with Crippen molar-refractivity contribution in [3.05, 3.63) is 24.0 Å². The minimum Gasteiger partial charge on any atom is -0.371 e.